The molecule has 0 aliphatic heterocycles. The Hall–Kier alpha value is -2.20. The number of aliphatic hydroxyl groups is 1. The number of aliphatic hydroxyl groups excluding tert-OH is 1. The average Bonchev–Trinajstić information content (AvgIpc) is 3.33. The zero-order chi connectivity index (χ0) is 21.4. The Labute approximate surface area is 175 Å². The third kappa shape index (κ3) is 5.89. The second-order valence-electron chi connectivity index (χ2n) is 7.36. The van der Waals surface area contributed by atoms with Crippen LogP contribution in [0.2, 0.25) is 0 Å². The van der Waals surface area contributed by atoms with Gasteiger partial charge in [0.2, 0.25) is 5.91 Å². The monoisotopic (exact) mass is 425 g/mol. The number of amides is 3. The Morgan fingerprint density at radius 1 is 1.31 bits per heavy atom. The Bertz CT molecular complexity index is 717. The first-order chi connectivity index (χ1) is 13.9. The van der Waals surface area contributed by atoms with Crippen LogP contribution in [0.3, 0.4) is 0 Å². The fraction of sp³-hybridized carbons (Fsp3) is 0.684. The molecule has 1 heterocycles. The minimum atomic E-state index is -0.804. The van der Waals surface area contributed by atoms with Gasteiger partial charge >= 0.3 is 0 Å². The number of carbonyl (C=O) groups is 3. The maximum atomic E-state index is 13.3. The average molecular weight is 426 g/mol. The molecule has 0 radical (unpaired) electrons. The molecule has 1 fully saturated rings. The lowest BCUT2D eigenvalue weighted by atomic mass is 10.1. The normalized spacial score (nSPS) is 15.2. The molecular weight excluding hydrogens is 394 g/mol. The number of rotatable bonds is 11. The van der Waals surface area contributed by atoms with Crippen LogP contribution >= 0.6 is 11.5 Å². The number of hydrogen-bond acceptors (Lipinski definition) is 7. The quantitative estimate of drug-likeness (QED) is 0.419. The van der Waals surface area contributed by atoms with Crippen LogP contribution in [0.1, 0.15) is 78.5 Å². The molecule has 1 atom stereocenters. The number of nitrogens with zero attached hydrogens (tertiary/aromatic N) is 2. The van der Waals surface area contributed by atoms with Crippen molar-refractivity contribution in [3.05, 3.63) is 10.6 Å². The van der Waals surface area contributed by atoms with Crippen LogP contribution in [0, 0.1) is 0 Å². The molecule has 6 N–H and O–H groups in total. The third-order valence-electron chi connectivity index (χ3n) is 5.19. The largest absolute Gasteiger partial charge is 0.396 e. The second-order valence-corrected chi connectivity index (χ2v) is 8.14. The van der Waals surface area contributed by atoms with Crippen molar-refractivity contribution in [3.8, 4) is 0 Å². The van der Waals surface area contributed by atoms with E-state index in [0.29, 0.717) is 12.8 Å². The molecule has 1 aromatic rings. The van der Waals surface area contributed by atoms with Gasteiger partial charge in [0.1, 0.15) is 10.9 Å². The van der Waals surface area contributed by atoms with E-state index in [0.717, 1.165) is 50.1 Å². The van der Waals surface area contributed by atoms with Crippen molar-refractivity contribution in [1.82, 2.24) is 14.6 Å². The van der Waals surface area contributed by atoms with Gasteiger partial charge in [0, 0.05) is 19.2 Å². The maximum absolute atomic E-state index is 13.3. The Morgan fingerprint density at radius 3 is 2.55 bits per heavy atom. The molecule has 1 aliphatic rings. The van der Waals surface area contributed by atoms with Crippen molar-refractivity contribution in [2.75, 3.05) is 18.9 Å². The Morgan fingerprint density at radius 2 is 2.00 bits per heavy atom. The van der Waals surface area contributed by atoms with E-state index in [2.05, 4.69) is 9.69 Å². The van der Waals surface area contributed by atoms with Gasteiger partial charge in [-0.2, -0.15) is 4.37 Å². The number of anilines is 1. The molecule has 162 valence electrons. The minimum Gasteiger partial charge on any atom is -0.396 e. The molecule has 3 amide bonds. The summed E-state index contributed by atoms with van der Waals surface area (Å²) in [6.45, 7) is 2.11. The summed E-state index contributed by atoms with van der Waals surface area (Å²) in [5.41, 5.74) is 11.0. The zero-order valence-corrected chi connectivity index (χ0v) is 17.7. The van der Waals surface area contributed by atoms with Gasteiger partial charge in [0.25, 0.3) is 11.8 Å². The van der Waals surface area contributed by atoms with Crippen LogP contribution in [0.15, 0.2) is 0 Å². The number of carbonyl (C=O) groups excluding carboxylic acids is 3. The molecule has 2 rings (SSSR count). The lowest BCUT2D eigenvalue weighted by Crippen LogP contribution is -2.52. The highest BCUT2D eigenvalue weighted by molar-refractivity contribution is 7.09. The van der Waals surface area contributed by atoms with Crippen LogP contribution in [0.5, 0.6) is 0 Å². The van der Waals surface area contributed by atoms with Crippen molar-refractivity contribution >= 4 is 34.9 Å². The molecule has 9 nitrogen and oxygen atoms in total. The summed E-state index contributed by atoms with van der Waals surface area (Å²) in [4.78, 5) is 39.3. The van der Waals surface area contributed by atoms with E-state index < -0.39 is 17.9 Å². The molecule has 0 spiro atoms. The van der Waals surface area contributed by atoms with Gasteiger partial charge in [-0.05, 0) is 37.2 Å². The molecular formula is C19H31N5O4S. The number of primary amides is 1. The van der Waals surface area contributed by atoms with E-state index in [-0.39, 0.29) is 41.4 Å². The number of hydrogen-bond donors (Lipinski definition) is 4. The standard InChI is InChI=1S/C19H31N5O4S/c1-2-3-9-13(18(27)22-12-7-4-5-8-12)24(10-6-11-25)19(28)16-14(20)15(17(21)26)23-29-16/h12-13,25H,2-11,20H2,1H3,(H2,21,26)(H,22,27)/t13-/m1/s1. The fourth-order valence-corrected chi connectivity index (χ4v) is 4.35. The van der Waals surface area contributed by atoms with E-state index in [1.165, 1.54) is 4.90 Å². The van der Waals surface area contributed by atoms with Crippen LogP contribution in [-0.4, -0.2) is 57.3 Å². The third-order valence-corrected chi connectivity index (χ3v) is 6.04. The predicted octanol–water partition coefficient (Wildman–Crippen LogP) is 1.27. The molecule has 0 aromatic carbocycles. The number of aromatic nitrogens is 1. The van der Waals surface area contributed by atoms with Crippen LogP contribution < -0.4 is 16.8 Å². The van der Waals surface area contributed by atoms with Gasteiger partial charge in [0.05, 0.1) is 5.69 Å². The van der Waals surface area contributed by atoms with Gasteiger partial charge in [-0.3, -0.25) is 14.4 Å². The first-order valence-electron chi connectivity index (χ1n) is 10.2. The first kappa shape index (κ1) is 23.1. The van der Waals surface area contributed by atoms with Crippen molar-refractivity contribution in [2.45, 2.75) is 70.4 Å². The lowest BCUT2D eigenvalue weighted by Gasteiger charge is -2.31. The number of unbranched alkanes of at least 4 members (excludes halogenated alkanes) is 1. The summed E-state index contributed by atoms with van der Waals surface area (Å²) in [5, 5.41) is 12.4. The van der Waals surface area contributed by atoms with Crippen molar-refractivity contribution in [2.24, 2.45) is 5.73 Å². The Balaban J connectivity index is 2.29. The number of nitrogen functional groups attached to an aromatic ring is 1. The summed E-state index contributed by atoms with van der Waals surface area (Å²) >= 11 is 0.799. The topological polar surface area (TPSA) is 152 Å². The van der Waals surface area contributed by atoms with E-state index in [9.17, 15) is 19.5 Å². The van der Waals surface area contributed by atoms with E-state index in [4.69, 9.17) is 11.5 Å². The van der Waals surface area contributed by atoms with Gasteiger partial charge in [-0.15, -0.1) is 0 Å². The van der Waals surface area contributed by atoms with Crippen molar-refractivity contribution in [1.29, 1.82) is 0 Å². The van der Waals surface area contributed by atoms with Crippen LogP contribution in [0.4, 0.5) is 5.69 Å². The van der Waals surface area contributed by atoms with Crippen molar-refractivity contribution in [3.63, 3.8) is 0 Å². The fourth-order valence-electron chi connectivity index (χ4n) is 3.59. The van der Waals surface area contributed by atoms with Gasteiger partial charge in [0.15, 0.2) is 5.69 Å². The summed E-state index contributed by atoms with van der Waals surface area (Å²) in [5.74, 6) is -1.46. The molecule has 0 unspecified atom stereocenters. The van der Waals surface area contributed by atoms with Gasteiger partial charge < -0.3 is 26.8 Å². The predicted molar refractivity (Wildman–Crippen MR) is 111 cm³/mol. The van der Waals surface area contributed by atoms with Gasteiger partial charge in [-0.1, -0.05) is 32.6 Å². The van der Waals surface area contributed by atoms with E-state index in [1.807, 2.05) is 6.92 Å². The second kappa shape index (κ2) is 11.1. The van der Waals surface area contributed by atoms with E-state index >= 15 is 0 Å². The smallest absolute Gasteiger partial charge is 0.270 e. The molecule has 10 heteroatoms. The highest BCUT2D eigenvalue weighted by atomic mass is 32.1. The highest BCUT2D eigenvalue weighted by Gasteiger charge is 2.34. The maximum Gasteiger partial charge on any atom is 0.270 e. The first-order valence-corrected chi connectivity index (χ1v) is 10.9. The molecule has 0 saturated heterocycles. The van der Waals surface area contributed by atoms with Gasteiger partial charge in [-0.25, -0.2) is 0 Å². The summed E-state index contributed by atoms with van der Waals surface area (Å²) in [6.07, 6.45) is 6.55. The zero-order valence-electron chi connectivity index (χ0n) is 16.9. The summed E-state index contributed by atoms with van der Waals surface area (Å²) < 4.78 is 3.89. The Kier molecular flexibility index (Phi) is 8.84. The lowest BCUT2D eigenvalue weighted by molar-refractivity contribution is -0.126. The molecule has 1 saturated carbocycles. The minimum absolute atomic E-state index is 0.0630. The SMILES string of the molecule is CCCC[C@H](C(=O)NC1CCCC1)N(CCCO)C(=O)c1snc(C(N)=O)c1N. The highest BCUT2D eigenvalue weighted by Crippen LogP contribution is 2.26. The molecule has 0 bridgehead atoms. The van der Waals surface area contributed by atoms with Crippen LogP contribution in [0.25, 0.3) is 0 Å². The van der Waals surface area contributed by atoms with Crippen molar-refractivity contribution < 1.29 is 19.5 Å². The summed E-state index contributed by atoms with van der Waals surface area (Å²) in [7, 11) is 0. The molecule has 29 heavy (non-hydrogen) atoms. The summed E-state index contributed by atoms with van der Waals surface area (Å²) in [6, 6.07) is -0.538. The molecule has 1 aromatic heterocycles. The number of nitrogens with one attached hydrogen (secondary N) is 1. The number of nitrogens with two attached hydrogens (primary N) is 2. The van der Waals surface area contributed by atoms with E-state index in [1.54, 1.807) is 0 Å². The molecule has 1 aliphatic carbocycles. The van der Waals surface area contributed by atoms with Crippen LogP contribution in [-0.2, 0) is 4.79 Å².